The Hall–Kier alpha value is -1.91. The van der Waals surface area contributed by atoms with E-state index in [0.717, 1.165) is 11.1 Å². The lowest BCUT2D eigenvalue weighted by molar-refractivity contribution is 0.284. The maximum atomic E-state index is 9.45. The molecule has 0 spiro atoms. The number of ether oxygens (including phenoxy) is 2. The molecule has 2 aromatic rings. The third-order valence-electron chi connectivity index (χ3n) is 2.96. The van der Waals surface area contributed by atoms with E-state index in [9.17, 15) is 5.11 Å². The van der Waals surface area contributed by atoms with Gasteiger partial charge in [0, 0.05) is 6.54 Å². The molecule has 0 saturated carbocycles. The SMILES string of the molecule is CNCc1cc(Cl)c(OCc2cccc(O)c2)c(OC)c1. The minimum atomic E-state index is 0.207. The van der Waals surface area contributed by atoms with E-state index in [1.165, 1.54) is 0 Å². The summed E-state index contributed by atoms with van der Waals surface area (Å²) in [6.07, 6.45) is 0. The van der Waals surface area contributed by atoms with E-state index in [4.69, 9.17) is 21.1 Å². The van der Waals surface area contributed by atoms with Gasteiger partial charge >= 0.3 is 0 Å². The molecule has 2 rings (SSSR count). The van der Waals surface area contributed by atoms with Crippen LogP contribution < -0.4 is 14.8 Å². The molecule has 0 aliphatic carbocycles. The fourth-order valence-electron chi connectivity index (χ4n) is 2.02. The van der Waals surface area contributed by atoms with Crippen molar-refractivity contribution < 1.29 is 14.6 Å². The molecule has 0 saturated heterocycles. The molecular weight excluding hydrogens is 290 g/mol. The summed E-state index contributed by atoms with van der Waals surface area (Å²) in [7, 11) is 3.45. The second kappa shape index (κ2) is 7.20. The number of aromatic hydroxyl groups is 1. The predicted molar refractivity (Wildman–Crippen MR) is 83.2 cm³/mol. The second-order valence-corrected chi connectivity index (χ2v) is 5.01. The van der Waals surface area contributed by atoms with E-state index in [2.05, 4.69) is 5.32 Å². The Morgan fingerprint density at radius 2 is 2.00 bits per heavy atom. The average molecular weight is 308 g/mol. The van der Waals surface area contributed by atoms with Crippen molar-refractivity contribution >= 4 is 11.6 Å². The van der Waals surface area contributed by atoms with Gasteiger partial charge in [-0.15, -0.1) is 0 Å². The molecule has 0 aliphatic rings. The molecule has 5 heteroatoms. The maximum absolute atomic E-state index is 9.45. The Bertz CT molecular complexity index is 616. The van der Waals surface area contributed by atoms with Gasteiger partial charge in [0.15, 0.2) is 11.5 Å². The lowest BCUT2D eigenvalue weighted by Crippen LogP contribution is -2.06. The Kier molecular flexibility index (Phi) is 5.31. The molecule has 112 valence electrons. The lowest BCUT2D eigenvalue weighted by atomic mass is 10.2. The van der Waals surface area contributed by atoms with Crippen LogP contribution in [0.15, 0.2) is 36.4 Å². The fourth-order valence-corrected chi connectivity index (χ4v) is 2.31. The van der Waals surface area contributed by atoms with Crippen LogP contribution in [-0.4, -0.2) is 19.3 Å². The summed E-state index contributed by atoms with van der Waals surface area (Å²) in [5, 5.41) is 13.0. The summed E-state index contributed by atoms with van der Waals surface area (Å²) >= 11 is 6.26. The van der Waals surface area contributed by atoms with Gasteiger partial charge in [-0.05, 0) is 42.4 Å². The summed E-state index contributed by atoms with van der Waals surface area (Å²) in [4.78, 5) is 0. The van der Waals surface area contributed by atoms with Gasteiger partial charge in [-0.1, -0.05) is 23.7 Å². The number of methoxy groups -OCH3 is 1. The zero-order valence-corrected chi connectivity index (χ0v) is 12.8. The zero-order chi connectivity index (χ0) is 15.2. The molecule has 0 bridgehead atoms. The highest BCUT2D eigenvalue weighted by Crippen LogP contribution is 2.37. The number of hydrogen-bond acceptors (Lipinski definition) is 4. The first-order chi connectivity index (χ1) is 10.1. The van der Waals surface area contributed by atoms with E-state index in [1.807, 2.05) is 25.2 Å². The molecule has 0 aromatic heterocycles. The van der Waals surface area contributed by atoms with Crippen molar-refractivity contribution in [3.63, 3.8) is 0 Å². The van der Waals surface area contributed by atoms with E-state index in [1.54, 1.807) is 25.3 Å². The van der Waals surface area contributed by atoms with Gasteiger partial charge in [0.2, 0.25) is 0 Å². The van der Waals surface area contributed by atoms with E-state index in [0.29, 0.717) is 29.7 Å². The van der Waals surface area contributed by atoms with Gasteiger partial charge in [-0.3, -0.25) is 0 Å². The van der Waals surface area contributed by atoms with E-state index < -0.39 is 0 Å². The van der Waals surface area contributed by atoms with Crippen molar-refractivity contribution in [2.75, 3.05) is 14.2 Å². The maximum Gasteiger partial charge on any atom is 0.180 e. The van der Waals surface area contributed by atoms with Gasteiger partial charge in [-0.2, -0.15) is 0 Å². The minimum Gasteiger partial charge on any atom is -0.508 e. The molecule has 0 fully saturated rings. The predicted octanol–water partition coefficient (Wildman–Crippen LogP) is 3.35. The largest absolute Gasteiger partial charge is 0.508 e. The topological polar surface area (TPSA) is 50.7 Å². The van der Waals surface area contributed by atoms with Gasteiger partial charge in [-0.25, -0.2) is 0 Å². The van der Waals surface area contributed by atoms with Crippen LogP contribution in [0.3, 0.4) is 0 Å². The normalized spacial score (nSPS) is 10.4. The number of nitrogens with one attached hydrogen (secondary N) is 1. The third kappa shape index (κ3) is 4.03. The quantitative estimate of drug-likeness (QED) is 0.859. The van der Waals surface area contributed by atoms with Gasteiger partial charge in [0.05, 0.1) is 12.1 Å². The van der Waals surface area contributed by atoms with Crippen LogP contribution >= 0.6 is 11.6 Å². The van der Waals surface area contributed by atoms with Crippen molar-refractivity contribution in [2.24, 2.45) is 0 Å². The van der Waals surface area contributed by atoms with Crippen LogP contribution in [0.2, 0.25) is 5.02 Å². The van der Waals surface area contributed by atoms with Crippen LogP contribution in [0.4, 0.5) is 0 Å². The van der Waals surface area contributed by atoms with Crippen molar-refractivity contribution in [1.29, 1.82) is 0 Å². The van der Waals surface area contributed by atoms with Crippen LogP contribution in [0.25, 0.3) is 0 Å². The number of rotatable bonds is 6. The standard InChI is InChI=1S/C16H18ClNO3/c1-18-9-12-7-14(17)16(15(8-12)20-2)21-10-11-4-3-5-13(19)6-11/h3-8,18-19H,9-10H2,1-2H3. The van der Waals surface area contributed by atoms with Crippen molar-refractivity contribution in [3.8, 4) is 17.2 Å². The smallest absolute Gasteiger partial charge is 0.180 e. The van der Waals surface area contributed by atoms with Crippen LogP contribution in [0, 0.1) is 0 Å². The molecule has 0 aliphatic heterocycles. The Balaban J connectivity index is 2.19. The van der Waals surface area contributed by atoms with Gasteiger partial charge in [0.25, 0.3) is 0 Å². The summed E-state index contributed by atoms with van der Waals surface area (Å²) < 4.78 is 11.1. The van der Waals surface area contributed by atoms with Crippen LogP contribution in [-0.2, 0) is 13.2 Å². The molecule has 0 amide bonds. The summed E-state index contributed by atoms with van der Waals surface area (Å²) in [5.74, 6) is 1.30. The number of benzene rings is 2. The third-order valence-corrected chi connectivity index (χ3v) is 3.24. The van der Waals surface area contributed by atoms with E-state index in [-0.39, 0.29) is 5.75 Å². The Morgan fingerprint density at radius 1 is 1.19 bits per heavy atom. The van der Waals surface area contributed by atoms with Gasteiger partial charge in [0.1, 0.15) is 12.4 Å². The zero-order valence-electron chi connectivity index (χ0n) is 12.0. The monoisotopic (exact) mass is 307 g/mol. The summed E-state index contributed by atoms with van der Waals surface area (Å²) in [6, 6.07) is 10.6. The molecule has 0 atom stereocenters. The fraction of sp³-hybridized carbons (Fsp3) is 0.250. The highest BCUT2D eigenvalue weighted by molar-refractivity contribution is 6.32. The Morgan fingerprint density at radius 3 is 2.67 bits per heavy atom. The van der Waals surface area contributed by atoms with Crippen LogP contribution in [0.1, 0.15) is 11.1 Å². The first kappa shape index (κ1) is 15.5. The van der Waals surface area contributed by atoms with Crippen molar-refractivity contribution in [1.82, 2.24) is 5.32 Å². The molecule has 21 heavy (non-hydrogen) atoms. The summed E-state index contributed by atoms with van der Waals surface area (Å²) in [6.45, 7) is 0.999. The average Bonchev–Trinajstić information content (AvgIpc) is 2.46. The highest BCUT2D eigenvalue weighted by Gasteiger charge is 2.12. The van der Waals surface area contributed by atoms with Crippen molar-refractivity contribution in [3.05, 3.63) is 52.5 Å². The highest BCUT2D eigenvalue weighted by atomic mass is 35.5. The molecule has 2 aromatic carbocycles. The molecule has 2 N–H and O–H groups in total. The number of halogens is 1. The Labute approximate surface area is 129 Å². The first-order valence-corrected chi connectivity index (χ1v) is 6.93. The molecular formula is C16H18ClNO3. The van der Waals surface area contributed by atoms with Crippen molar-refractivity contribution in [2.45, 2.75) is 13.2 Å². The number of hydrogen-bond donors (Lipinski definition) is 2. The second-order valence-electron chi connectivity index (χ2n) is 4.60. The number of phenols is 1. The first-order valence-electron chi connectivity index (χ1n) is 6.55. The molecule has 0 unspecified atom stereocenters. The summed E-state index contributed by atoms with van der Waals surface area (Å²) in [5.41, 5.74) is 1.87. The molecule has 0 heterocycles. The molecule has 4 nitrogen and oxygen atoms in total. The minimum absolute atomic E-state index is 0.207. The van der Waals surface area contributed by atoms with Gasteiger partial charge < -0.3 is 19.9 Å². The van der Waals surface area contributed by atoms with Crippen LogP contribution in [0.5, 0.6) is 17.2 Å². The van der Waals surface area contributed by atoms with E-state index >= 15 is 0 Å². The number of phenolic OH excluding ortho intramolecular Hbond substituents is 1. The molecule has 0 radical (unpaired) electrons. The lowest BCUT2D eigenvalue weighted by Gasteiger charge is -2.14.